The van der Waals surface area contributed by atoms with Crippen LogP contribution in [0.2, 0.25) is 0 Å². The number of methoxy groups -OCH3 is 1. The van der Waals surface area contributed by atoms with Gasteiger partial charge in [0, 0.05) is 5.56 Å². The van der Waals surface area contributed by atoms with Crippen molar-refractivity contribution in [3.63, 3.8) is 0 Å². The van der Waals surface area contributed by atoms with Crippen LogP contribution >= 0.6 is 0 Å². The lowest BCUT2D eigenvalue weighted by Crippen LogP contribution is -1.99. The SMILES string of the molecule is CCc1ccc(-c2cc(OC)ccc2F)c(C2CCCC2)c1. The molecule has 3 rings (SSSR count). The first-order valence-corrected chi connectivity index (χ1v) is 8.19. The summed E-state index contributed by atoms with van der Waals surface area (Å²) in [6.45, 7) is 2.17. The van der Waals surface area contributed by atoms with E-state index in [1.54, 1.807) is 13.2 Å². The zero-order valence-corrected chi connectivity index (χ0v) is 13.4. The van der Waals surface area contributed by atoms with E-state index in [-0.39, 0.29) is 5.82 Å². The molecule has 22 heavy (non-hydrogen) atoms. The van der Waals surface area contributed by atoms with Gasteiger partial charge in [-0.3, -0.25) is 0 Å². The minimum atomic E-state index is -0.177. The van der Waals surface area contributed by atoms with Crippen molar-refractivity contribution in [3.8, 4) is 16.9 Å². The predicted octanol–water partition coefficient (Wildman–Crippen LogP) is 5.72. The number of benzene rings is 2. The topological polar surface area (TPSA) is 9.23 Å². The van der Waals surface area contributed by atoms with Gasteiger partial charge in [-0.25, -0.2) is 4.39 Å². The Labute approximate surface area is 132 Å². The predicted molar refractivity (Wildman–Crippen MR) is 89.0 cm³/mol. The van der Waals surface area contributed by atoms with E-state index in [1.807, 2.05) is 6.07 Å². The molecule has 0 heterocycles. The molecule has 2 aromatic rings. The molecule has 1 aliphatic rings. The van der Waals surface area contributed by atoms with Gasteiger partial charge >= 0.3 is 0 Å². The zero-order chi connectivity index (χ0) is 15.5. The number of aryl methyl sites for hydroxylation is 1. The Hall–Kier alpha value is -1.83. The molecule has 1 fully saturated rings. The summed E-state index contributed by atoms with van der Waals surface area (Å²) < 4.78 is 19.7. The van der Waals surface area contributed by atoms with Crippen LogP contribution in [0.25, 0.3) is 11.1 Å². The molecule has 0 radical (unpaired) electrons. The molecule has 0 bridgehead atoms. The fourth-order valence-corrected chi connectivity index (χ4v) is 3.49. The molecule has 0 aromatic heterocycles. The minimum Gasteiger partial charge on any atom is -0.497 e. The lowest BCUT2D eigenvalue weighted by molar-refractivity contribution is 0.414. The van der Waals surface area contributed by atoms with E-state index < -0.39 is 0 Å². The van der Waals surface area contributed by atoms with E-state index in [0.717, 1.165) is 12.0 Å². The summed E-state index contributed by atoms with van der Waals surface area (Å²) in [5.41, 5.74) is 4.32. The fraction of sp³-hybridized carbons (Fsp3) is 0.400. The maximum absolute atomic E-state index is 14.4. The number of halogens is 1. The van der Waals surface area contributed by atoms with Crippen LogP contribution in [0, 0.1) is 5.82 Å². The highest BCUT2D eigenvalue weighted by Gasteiger charge is 2.22. The van der Waals surface area contributed by atoms with Gasteiger partial charge < -0.3 is 4.74 Å². The van der Waals surface area contributed by atoms with Gasteiger partial charge in [0.25, 0.3) is 0 Å². The third kappa shape index (κ3) is 2.87. The Morgan fingerprint density at radius 3 is 2.50 bits per heavy atom. The maximum Gasteiger partial charge on any atom is 0.131 e. The summed E-state index contributed by atoms with van der Waals surface area (Å²) in [7, 11) is 1.62. The first kappa shape index (κ1) is 15.1. The van der Waals surface area contributed by atoms with Crippen molar-refractivity contribution in [2.75, 3.05) is 7.11 Å². The molecule has 0 saturated heterocycles. The van der Waals surface area contributed by atoms with Crippen molar-refractivity contribution >= 4 is 0 Å². The second-order valence-electron chi connectivity index (χ2n) is 6.10. The Balaban J connectivity index is 2.13. The number of hydrogen-bond acceptors (Lipinski definition) is 1. The summed E-state index contributed by atoms with van der Waals surface area (Å²) in [5, 5.41) is 0. The quantitative estimate of drug-likeness (QED) is 0.701. The van der Waals surface area contributed by atoms with Crippen molar-refractivity contribution in [1.82, 2.24) is 0 Å². The van der Waals surface area contributed by atoms with E-state index >= 15 is 0 Å². The second kappa shape index (κ2) is 6.51. The first-order valence-electron chi connectivity index (χ1n) is 8.19. The molecular weight excluding hydrogens is 275 g/mol. The molecule has 2 heteroatoms. The molecule has 0 amide bonds. The van der Waals surface area contributed by atoms with E-state index in [4.69, 9.17) is 4.74 Å². The van der Waals surface area contributed by atoms with E-state index in [0.29, 0.717) is 17.2 Å². The van der Waals surface area contributed by atoms with Gasteiger partial charge in [-0.2, -0.15) is 0 Å². The molecule has 1 nitrogen and oxygen atoms in total. The van der Waals surface area contributed by atoms with Crippen LogP contribution in [0.3, 0.4) is 0 Å². The van der Waals surface area contributed by atoms with Gasteiger partial charge in [0.2, 0.25) is 0 Å². The normalized spacial score (nSPS) is 15.2. The highest BCUT2D eigenvalue weighted by molar-refractivity contribution is 5.70. The largest absolute Gasteiger partial charge is 0.497 e. The third-order valence-corrected chi connectivity index (χ3v) is 4.78. The second-order valence-corrected chi connectivity index (χ2v) is 6.10. The summed E-state index contributed by atoms with van der Waals surface area (Å²) in [6.07, 6.45) is 6.00. The molecule has 116 valence electrons. The average Bonchev–Trinajstić information content (AvgIpc) is 3.09. The highest BCUT2D eigenvalue weighted by Crippen LogP contribution is 2.41. The smallest absolute Gasteiger partial charge is 0.131 e. The summed E-state index contributed by atoms with van der Waals surface area (Å²) >= 11 is 0. The van der Waals surface area contributed by atoms with Gasteiger partial charge in [-0.1, -0.05) is 38.0 Å². The van der Waals surface area contributed by atoms with Gasteiger partial charge in [0.1, 0.15) is 11.6 Å². The molecule has 0 atom stereocenters. The van der Waals surface area contributed by atoms with Gasteiger partial charge in [0.15, 0.2) is 0 Å². The summed E-state index contributed by atoms with van der Waals surface area (Å²) in [4.78, 5) is 0. The summed E-state index contributed by atoms with van der Waals surface area (Å²) in [5.74, 6) is 1.09. The number of rotatable bonds is 4. The molecular formula is C20H23FO. The lowest BCUT2D eigenvalue weighted by Gasteiger charge is -2.18. The fourth-order valence-electron chi connectivity index (χ4n) is 3.49. The number of hydrogen-bond donors (Lipinski definition) is 0. The van der Waals surface area contributed by atoms with Crippen LogP contribution in [-0.2, 0) is 6.42 Å². The van der Waals surface area contributed by atoms with Crippen molar-refractivity contribution in [3.05, 3.63) is 53.3 Å². The maximum atomic E-state index is 14.4. The Morgan fingerprint density at radius 2 is 1.82 bits per heavy atom. The zero-order valence-electron chi connectivity index (χ0n) is 13.4. The molecule has 0 spiro atoms. The lowest BCUT2D eigenvalue weighted by atomic mass is 9.87. The van der Waals surface area contributed by atoms with Crippen LogP contribution in [0.4, 0.5) is 4.39 Å². The van der Waals surface area contributed by atoms with Crippen LogP contribution in [0.1, 0.15) is 49.7 Å². The Kier molecular flexibility index (Phi) is 4.47. The minimum absolute atomic E-state index is 0.177. The molecule has 0 N–H and O–H groups in total. The van der Waals surface area contributed by atoms with Crippen molar-refractivity contribution in [2.45, 2.75) is 44.9 Å². The van der Waals surface area contributed by atoms with Crippen LogP contribution in [0.15, 0.2) is 36.4 Å². The van der Waals surface area contributed by atoms with Crippen molar-refractivity contribution < 1.29 is 9.13 Å². The van der Waals surface area contributed by atoms with Crippen LogP contribution in [0.5, 0.6) is 5.75 Å². The molecule has 1 saturated carbocycles. The van der Waals surface area contributed by atoms with Gasteiger partial charge in [0.05, 0.1) is 7.11 Å². The van der Waals surface area contributed by atoms with Gasteiger partial charge in [-0.05, 0) is 60.1 Å². The first-order chi connectivity index (χ1) is 10.7. The van der Waals surface area contributed by atoms with Crippen LogP contribution in [-0.4, -0.2) is 7.11 Å². The number of ether oxygens (including phenoxy) is 1. The van der Waals surface area contributed by atoms with Crippen LogP contribution < -0.4 is 4.74 Å². The Bertz CT molecular complexity index is 657. The standard InChI is InChI=1S/C20H23FO/c1-3-14-8-10-17(18(12-14)15-6-4-5-7-15)19-13-16(22-2)9-11-20(19)21/h8-13,15H,3-7H2,1-2H3. The summed E-state index contributed by atoms with van der Waals surface area (Å²) in [6, 6.07) is 11.5. The highest BCUT2D eigenvalue weighted by atomic mass is 19.1. The van der Waals surface area contributed by atoms with Crippen molar-refractivity contribution in [1.29, 1.82) is 0 Å². The van der Waals surface area contributed by atoms with E-state index in [2.05, 4.69) is 25.1 Å². The van der Waals surface area contributed by atoms with E-state index in [1.165, 1.54) is 42.9 Å². The molecule has 1 aliphatic carbocycles. The monoisotopic (exact) mass is 298 g/mol. The molecule has 0 aliphatic heterocycles. The van der Waals surface area contributed by atoms with E-state index in [9.17, 15) is 4.39 Å². The third-order valence-electron chi connectivity index (χ3n) is 4.78. The average molecular weight is 298 g/mol. The van der Waals surface area contributed by atoms with Gasteiger partial charge in [-0.15, -0.1) is 0 Å². The Morgan fingerprint density at radius 1 is 1.05 bits per heavy atom. The molecule has 2 aromatic carbocycles. The van der Waals surface area contributed by atoms with Crippen molar-refractivity contribution in [2.24, 2.45) is 0 Å². The molecule has 0 unspecified atom stereocenters.